The monoisotopic (exact) mass is 466 g/mol. The molecule has 0 aliphatic heterocycles. The summed E-state index contributed by atoms with van der Waals surface area (Å²) in [6, 6.07) is 7.11. The van der Waals surface area contributed by atoms with Crippen LogP contribution in [-0.4, -0.2) is 41.3 Å². The van der Waals surface area contributed by atoms with Gasteiger partial charge in [-0.15, -0.1) is 0 Å². The normalized spacial score (nSPS) is 11.7. The van der Waals surface area contributed by atoms with Gasteiger partial charge in [0.2, 0.25) is 15.9 Å². The van der Waals surface area contributed by atoms with Crippen LogP contribution in [0.1, 0.15) is 5.56 Å². The van der Waals surface area contributed by atoms with E-state index in [0.717, 1.165) is 12.3 Å². The molecule has 0 saturated carbocycles. The zero-order valence-corrected chi connectivity index (χ0v) is 17.7. The van der Waals surface area contributed by atoms with Gasteiger partial charge >= 0.3 is 6.18 Å². The molecule has 164 valence electrons. The number of ether oxygens (including phenoxy) is 2. The van der Waals surface area contributed by atoms with Gasteiger partial charge in [0.15, 0.2) is 0 Å². The van der Waals surface area contributed by atoms with Crippen molar-refractivity contribution in [3.63, 3.8) is 0 Å². The maximum Gasteiger partial charge on any atom is 0.418 e. The molecule has 1 amide bonds. The van der Waals surface area contributed by atoms with Crippen LogP contribution in [0.15, 0.2) is 36.4 Å². The van der Waals surface area contributed by atoms with Crippen molar-refractivity contribution in [2.75, 3.05) is 36.6 Å². The Hall–Kier alpha value is -2.66. The van der Waals surface area contributed by atoms with Crippen molar-refractivity contribution in [1.82, 2.24) is 0 Å². The van der Waals surface area contributed by atoms with Crippen molar-refractivity contribution in [2.45, 2.75) is 6.18 Å². The van der Waals surface area contributed by atoms with Crippen molar-refractivity contribution in [3.8, 4) is 11.5 Å². The number of alkyl halides is 3. The number of anilines is 2. The summed E-state index contributed by atoms with van der Waals surface area (Å²) < 4.78 is 75.2. The number of benzene rings is 2. The molecule has 7 nitrogen and oxygen atoms in total. The van der Waals surface area contributed by atoms with Crippen LogP contribution in [-0.2, 0) is 21.0 Å². The summed E-state index contributed by atoms with van der Waals surface area (Å²) >= 11 is 5.62. The smallest absolute Gasteiger partial charge is 0.418 e. The van der Waals surface area contributed by atoms with Crippen molar-refractivity contribution < 1.29 is 35.9 Å². The molecule has 0 saturated heterocycles. The summed E-state index contributed by atoms with van der Waals surface area (Å²) in [6.45, 7) is -0.803. The lowest BCUT2D eigenvalue weighted by atomic mass is 10.1. The van der Waals surface area contributed by atoms with Crippen LogP contribution in [0.2, 0.25) is 5.02 Å². The molecule has 0 fully saturated rings. The van der Waals surface area contributed by atoms with Crippen LogP contribution >= 0.6 is 11.6 Å². The number of methoxy groups -OCH3 is 2. The maximum absolute atomic E-state index is 13.2. The van der Waals surface area contributed by atoms with Crippen molar-refractivity contribution in [3.05, 3.63) is 47.0 Å². The van der Waals surface area contributed by atoms with Crippen LogP contribution in [0.25, 0.3) is 0 Å². The summed E-state index contributed by atoms with van der Waals surface area (Å²) in [6.07, 6.45) is -3.93. The second-order valence-electron chi connectivity index (χ2n) is 6.04. The number of hydrogen-bond acceptors (Lipinski definition) is 5. The number of rotatable bonds is 7. The highest BCUT2D eigenvalue weighted by Crippen LogP contribution is 2.37. The number of carbonyl (C=O) groups is 1. The fourth-order valence-corrected chi connectivity index (χ4v) is 3.58. The van der Waals surface area contributed by atoms with E-state index in [0.29, 0.717) is 10.4 Å². The molecule has 0 spiro atoms. The minimum absolute atomic E-state index is 0.0124. The first-order valence-electron chi connectivity index (χ1n) is 8.23. The van der Waals surface area contributed by atoms with E-state index in [-0.39, 0.29) is 22.2 Å². The Morgan fingerprint density at radius 1 is 1.13 bits per heavy atom. The van der Waals surface area contributed by atoms with Gasteiger partial charge in [0.05, 0.1) is 37.4 Å². The summed E-state index contributed by atoms with van der Waals surface area (Å²) in [4.78, 5) is 12.5. The average Bonchev–Trinajstić information content (AvgIpc) is 2.65. The third-order valence-corrected chi connectivity index (χ3v) is 5.26. The van der Waals surface area contributed by atoms with E-state index in [1.165, 1.54) is 38.5 Å². The van der Waals surface area contributed by atoms with Crippen molar-refractivity contribution >= 4 is 38.9 Å². The fourth-order valence-electron chi connectivity index (χ4n) is 2.55. The molecule has 2 rings (SSSR count). The highest BCUT2D eigenvalue weighted by molar-refractivity contribution is 7.92. The zero-order chi connectivity index (χ0) is 22.7. The first-order valence-corrected chi connectivity index (χ1v) is 10.5. The Kier molecular flexibility index (Phi) is 7.09. The van der Waals surface area contributed by atoms with Crippen molar-refractivity contribution in [1.29, 1.82) is 0 Å². The minimum Gasteiger partial charge on any atom is -0.497 e. The SMILES string of the molecule is COc1ccc(OC)c(N(CC(=O)Nc2ccc(Cl)cc2C(F)(F)F)S(C)(=O)=O)c1. The zero-order valence-electron chi connectivity index (χ0n) is 16.1. The number of nitrogens with one attached hydrogen (secondary N) is 1. The Morgan fingerprint density at radius 3 is 2.33 bits per heavy atom. The van der Waals surface area contributed by atoms with Crippen molar-refractivity contribution in [2.24, 2.45) is 0 Å². The molecule has 0 aliphatic rings. The number of sulfonamides is 1. The maximum atomic E-state index is 13.2. The molecular weight excluding hydrogens is 449 g/mol. The highest BCUT2D eigenvalue weighted by Gasteiger charge is 2.34. The molecule has 12 heteroatoms. The number of amides is 1. The van der Waals surface area contributed by atoms with E-state index >= 15 is 0 Å². The van der Waals surface area contributed by atoms with Gasteiger partial charge < -0.3 is 14.8 Å². The van der Waals surface area contributed by atoms with Crippen LogP contribution in [0, 0.1) is 0 Å². The molecule has 2 aromatic rings. The molecule has 0 aromatic heterocycles. The lowest BCUT2D eigenvalue weighted by molar-refractivity contribution is -0.137. The molecule has 0 bridgehead atoms. The van der Waals surface area contributed by atoms with E-state index in [4.69, 9.17) is 21.1 Å². The van der Waals surface area contributed by atoms with Gasteiger partial charge in [-0.1, -0.05) is 11.6 Å². The third-order valence-electron chi connectivity index (χ3n) is 3.90. The molecule has 1 N–H and O–H groups in total. The Bertz CT molecular complexity index is 1040. The second-order valence-corrected chi connectivity index (χ2v) is 8.39. The van der Waals surface area contributed by atoms with E-state index in [9.17, 15) is 26.4 Å². The quantitative estimate of drug-likeness (QED) is 0.671. The first-order chi connectivity index (χ1) is 13.9. The van der Waals surface area contributed by atoms with Gasteiger partial charge in [0.1, 0.15) is 18.0 Å². The molecule has 0 unspecified atom stereocenters. The van der Waals surface area contributed by atoms with Crippen LogP contribution < -0.4 is 19.1 Å². The van der Waals surface area contributed by atoms with Crippen LogP contribution in [0.3, 0.4) is 0 Å². The molecule has 0 heterocycles. The Morgan fingerprint density at radius 2 is 1.80 bits per heavy atom. The third kappa shape index (κ3) is 5.70. The van der Waals surface area contributed by atoms with E-state index in [1.54, 1.807) is 0 Å². The lowest BCUT2D eigenvalue weighted by Crippen LogP contribution is -2.38. The topological polar surface area (TPSA) is 84.9 Å². The summed E-state index contributed by atoms with van der Waals surface area (Å²) in [5.41, 5.74) is -1.72. The van der Waals surface area contributed by atoms with E-state index in [1.807, 2.05) is 0 Å². The van der Waals surface area contributed by atoms with Gasteiger partial charge in [0, 0.05) is 11.1 Å². The van der Waals surface area contributed by atoms with Gasteiger partial charge in [-0.25, -0.2) is 8.42 Å². The number of halogens is 4. The summed E-state index contributed by atoms with van der Waals surface area (Å²) in [5, 5.41) is 1.92. The van der Waals surface area contributed by atoms with Gasteiger partial charge in [-0.2, -0.15) is 13.2 Å². The Labute approximate surface area is 176 Å². The molecule has 30 heavy (non-hydrogen) atoms. The van der Waals surface area contributed by atoms with Crippen LogP contribution in [0.4, 0.5) is 24.5 Å². The fraction of sp³-hybridized carbons (Fsp3) is 0.278. The van der Waals surface area contributed by atoms with Gasteiger partial charge in [-0.05, 0) is 30.3 Å². The lowest BCUT2D eigenvalue weighted by Gasteiger charge is -2.24. The molecule has 0 aliphatic carbocycles. The van der Waals surface area contributed by atoms with Crippen LogP contribution in [0.5, 0.6) is 11.5 Å². The second kappa shape index (κ2) is 9.00. The van der Waals surface area contributed by atoms with E-state index in [2.05, 4.69) is 5.32 Å². The average molecular weight is 467 g/mol. The molecule has 0 atom stereocenters. The summed E-state index contributed by atoms with van der Waals surface area (Å²) in [7, 11) is -1.35. The molecular formula is C18H18ClF3N2O5S. The highest BCUT2D eigenvalue weighted by atomic mass is 35.5. The molecule has 0 radical (unpaired) electrons. The standard InChI is InChI=1S/C18H18ClF3N2O5S/c1-28-12-5-7-16(29-2)15(9-12)24(30(3,26)27)10-17(25)23-14-6-4-11(19)8-13(14)18(20,21)22/h4-9H,10H2,1-3H3,(H,23,25). The number of hydrogen-bond donors (Lipinski definition) is 1. The predicted octanol–water partition coefficient (Wildman–Crippen LogP) is 3.78. The predicted molar refractivity (Wildman–Crippen MR) is 107 cm³/mol. The summed E-state index contributed by atoms with van der Waals surface area (Å²) in [5.74, 6) is -0.591. The number of carbonyl (C=O) groups excluding carboxylic acids is 1. The van der Waals surface area contributed by atoms with Gasteiger partial charge in [0.25, 0.3) is 0 Å². The molecule has 2 aromatic carbocycles. The Balaban J connectivity index is 2.40. The first kappa shape index (κ1) is 23.6. The van der Waals surface area contributed by atoms with E-state index < -0.39 is 39.9 Å². The minimum atomic E-state index is -4.78. The van der Waals surface area contributed by atoms with Gasteiger partial charge in [-0.3, -0.25) is 9.10 Å². The number of nitrogens with zero attached hydrogens (tertiary/aromatic N) is 1. The largest absolute Gasteiger partial charge is 0.497 e.